The summed E-state index contributed by atoms with van der Waals surface area (Å²) >= 11 is 0. The molecule has 0 spiro atoms. The van der Waals surface area contributed by atoms with Crippen LogP contribution in [0.3, 0.4) is 0 Å². The van der Waals surface area contributed by atoms with Crippen LogP contribution in [0.15, 0.2) is 11.6 Å². The first-order valence-corrected chi connectivity index (χ1v) is 4.92. The van der Waals surface area contributed by atoms with E-state index in [2.05, 4.69) is 19.9 Å². The van der Waals surface area contributed by atoms with Gasteiger partial charge in [-0.25, -0.2) is 0 Å². The van der Waals surface area contributed by atoms with Gasteiger partial charge in [0.15, 0.2) is 5.78 Å². The average molecular weight is 168 g/mol. The monoisotopic (exact) mass is 168 g/mol. The van der Waals surface area contributed by atoms with Gasteiger partial charge in [0.05, 0.1) is 0 Å². The molecule has 0 aromatic rings. The summed E-state index contributed by atoms with van der Waals surface area (Å²) in [6.45, 7) is 6.16. The molecule has 0 fully saturated rings. The summed E-state index contributed by atoms with van der Waals surface area (Å²) < 4.78 is 0. The second-order valence-corrected chi connectivity index (χ2v) is 3.20. The van der Waals surface area contributed by atoms with Crippen LogP contribution < -0.4 is 0 Å². The lowest BCUT2D eigenvalue weighted by Gasteiger charge is -1.98. The van der Waals surface area contributed by atoms with Gasteiger partial charge in [0, 0.05) is 6.42 Å². The maximum Gasteiger partial charge on any atom is 0.158 e. The number of allylic oxidation sites excluding steroid dienone is 2. The molecule has 1 heteroatoms. The Morgan fingerprint density at radius 2 is 1.92 bits per heavy atom. The summed E-state index contributed by atoms with van der Waals surface area (Å²) in [5.74, 6) is 0.324. The Hall–Kier alpha value is -0.590. The van der Waals surface area contributed by atoms with Crippen LogP contribution in [0.4, 0.5) is 0 Å². The maximum atomic E-state index is 11.3. The largest absolute Gasteiger partial charge is 0.295 e. The molecule has 70 valence electrons. The Bertz CT molecular complexity index is 156. The van der Waals surface area contributed by atoms with E-state index in [-0.39, 0.29) is 0 Å². The van der Waals surface area contributed by atoms with Crippen molar-refractivity contribution in [2.75, 3.05) is 0 Å². The van der Waals surface area contributed by atoms with Gasteiger partial charge in [0.1, 0.15) is 0 Å². The molecule has 0 aliphatic heterocycles. The van der Waals surface area contributed by atoms with Gasteiger partial charge in [-0.3, -0.25) is 4.79 Å². The molecular weight excluding hydrogens is 148 g/mol. The topological polar surface area (TPSA) is 17.1 Å². The number of unbranched alkanes of at least 4 members (excludes halogenated alkanes) is 2. The number of rotatable bonds is 6. The van der Waals surface area contributed by atoms with E-state index in [0.29, 0.717) is 5.78 Å². The van der Waals surface area contributed by atoms with Gasteiger partial charge in [0.2, 0.25) is 0 Å². The number of carbonyl (C=O) groups excluding carboxylic acids is 1. The normalized spacial score (nSPS) is 11.8. The minimum Gasteiger partial charge on any atom is -0.295 e. The molecule has 0 aromatic carbocycles. The highest BCUT2D eigenvalue weighted by Crippen LogP contribution is 2.05. The number of hydrogen-bond acceptors (Lipinski definition) is 1. The number of ketones is 1. The highest BCUT2D eigenvalue weighted by molar-refractivity contribution is 5.94. The molecule has 0 bridgehead atoms. The highest BCUT2D eigenvalue weighted by Gasteiger charge is 2.01. The van der Waals surface area contributed by atoms with Crippen LogP contribution in [-0.4, -0.2) is 5.78 Å². The van der Waals surface area contributed by atoms with Gasteiger partial charge in [0.25, 0.3) is 0 Å². The fourth-order valence-electron chi connectivity index (χ4n) is 1.01. The Morgan fingerprint density at radius 1 is 1.25 bits per heavy atom. The summed E-state index contributed by atoms with van der Waals surface area (Å²) in [6.07, 6.45) is 7.06. The molecule has 0 aromatic heterocycles. The molecule has 0 heterocycles. The van der Waals surface area contributed by atoms with Crippen LogP contribution in [0, 0.1) is 0 Å². The lowest BCUT2D eigenvalue weighted by atomic mass is 10.1. The van der Waals surface area contributed by atoms with E-state index in [1.165, 1.54) is 0 Å². The lowest BCUT2D eigenvalue weighted by molar-refractivity contribution is -0.115. The highest BCUT2D eigenvalue weighted by atomic mass is 16.1. The zero-order valence-electron chi connectivity index (χ0n) is 8.52. The zero-order chi connectivity index (χ0) is 9.40. The summed E-state index contributed by atoms with van der Waals surface area (Å²) in [6, 6.07) is 0. The zero-order valence-corrected chi connectivity index (χ0v) is 8.52. The molecule has 0 rings (SSSR count). The predicted octanol–water partition coefficient (Wildman–Crippen LogP) is 3.49. The Morgan fingerprint density at radius 3 is 2.42 bits per heavy atom. The SMILES string of the molecule is CCCC=C(C)C(=O)CCCC. The third-order valence-corrected chi connectivity index (χ3v) is 1.94. The summed E-state index contributed by atoms with van der Waals surface area (Å²) in [7, 11) is 0. The molecule has 1 nitrogen and oxygen atoms in total. The second kappa shape index (κ2) is 7.08. The van der Waals surface area contributed by atoms with E-state index < -0.39 is 0 Å². The van der Waals surface area contributed by atoms with Gasteiger partial charge in [-0.1, -0.05) is 32.8 Å². The molecule has 12 heavy (non-hydrogen) atoms. The van der Waals surface area contributed by atoms with Crippen molar-refractivity contribution in [3.05, 3.63) is 11.6 Å². The first-order valence-electron chi connectivity index (χ1n) is 4.92. The molecule has 0 aliphatic rings. The summed E-state index contributed by atoms with van der Waals surface area (Å²) in [5.41, 5.74) is 0.949. The van der Waals surface area contributed by atoms with Gasteiger partial charge in [-0.2, -0.15) is 0 Å². The van der Waals surface area contributed by atoms with Crippen molar-refractivity contribution >= 4 is 5.78 Å². The Labute approximate surface area is 75.9 Å². The van der Waals surface area contributed by atoms with Crippen molar-refractivity contribution in [3.63, 3.8) is 0 Å². The Kier molecular flexibility index (Phi) is 6.73. The number of hydrogen-bond donors (Lipinski definition) is 0. The molecule has 0 saturated carbocycles. The maximum absolute atomic E-state index is 11.3. The predicted molar refractivity (Wildman–Crippen MR) is 53.2 cm³/mol. The quantitative estimate of drug-likeness (QED) is 0.555. The van der Waals surface area contributed by atoms with Crippen molar-refractivity contribution < 1.29 is 4.79 Å². The number of carbonyl (C=O) groups is 1. The first-order chi connectivity index (χ1) is 5.72. The van der Waals surface area contributed by atoms with Crippen molar-refractivity contribution in [1.29, 1.82) is 0 Å². The van der Waals surface area contributed by atoms with Crippen LogP contribution in [0.25, 0.3) is 0 Å². The summed E-state index contributed by atoms with van der Waals surface area (Å²) in [4.78, 5) is 11.3. The lowest BCUT2D eigenvalue weighted by Crippen LogP contribution is -1.98. The van der Waals surface area contributed by atoms with Gasteiger partial charge < -0.3 is 0 Å². The number of Topliss-reactive ketones (excluding diaryl/α,β-unsaturated/α-hetero) is 1. The fraction of sp³-hybridized carbons (Fsp3) is 0.727. The van der Waals surface area contributed by atoms with Crippen LogP contribution in [-0.2, 0) is 4.79 Å². The van der Waals surface area contributed by atoms with Gasteiger partial charge in [-0.15, -0.1) is 0 Å². The van der Waals surface area contributed by atoms with E-state index in [4.69, 9.17) is 0 Å². The fourth-order valence-corrected chi connectivity index (χ4v) is 1.01. The minimum atomic E-state index is 0.324. The Balaban J connectivity index is 3.75. The minimum absolute atomic E-state index is 0.324. The molecule has 0 atom stereocenters. The first kappa shape index (κ1) is 11.4. The third kappa shape index (κ3) is 5.11. The van der Waals surface area contributed by atoms with Crippen LogP contribution >= 0.6 is 0 Å². The molecule has 0 amide bonds. The standard InChI is InChI=1S/C11H20O/c1-4-6-8-10(3)11(12)9-7-5-2/h8H,4-7,9H2,1-3H3. The van der Waals surface area contributed by atoms with Crippen molar-refractivity contribution in [2.45, 2.75) is 52.9 Å². The third-order valence-electron chi connectivity index (χ3n) is 1.94. The van der Waals surface area contributed by atoms with Crippen molar-refractivity contribution in [2.24, 2.45) is 0 Å². The van der Waals surface area contributed by atoms with E-state index in [1.807, 2.05) is 6.92 Å². The summed E-state index contributed by atoms with van der Waals surface area (Å²) in [5, 5.41) is 0. The molecular formula is C11H20O. The van der Waals surface area contributed by atoms with Crippen LogP contribution in [0.1, 0.15) is 52.9 Å². The molecule has 0 N–H and O–H groups in total. The van der Waals surface area contributed by atoms with Crippen LogP contribution in [0.2, 0.25) is 0 Å². The molecule has 0 aliphatic carbocycles. The van der Waals surface area contributed by atoms with Crippen LogP contribution in [0.5, 0.6) is 0 Å². The molecule has 0 unspecified atom stereocenters. The van der Waals surface area contributed by atoms with E-state index >= 15 is 0 Å². The van der Waals surface area contributed by atoms with Crippen molar-refractivity contribution in [1.82, 2.24) is 0 Å². The van der Waals surface area contributed by atoms with E-state index in [0.717, 1.165) is 37.7 Å². The van der Waals surface area contributed by atoms with Crippen molar-refractivity contribution in [3.8, 4) is 0 Å². The smallest absolute Gasteiger partial charge is 0.158 e. The molecule has 0 saturated heterocycles. The van der Waals surface area contributed by atoms with Gasteiger partial charge in [-0.05, 0) is 25.3 Å². The average Bonchev–Trinajstić information content (AvgIpc) is 2.10. The molecule has 0 radical (unpaired) electrons. The van der Waals surface area contributed by atoms with E-state index in [1.54, 1.807) is 0 Å². The van der Waals surface area contributed by atoms with Gasteiger partial charge >= 0.3 is 0 Å². The van der Waals surface area contributed by atoms with E-state index in [9.17, 15) is 4.79 Å². The second-order valence-electron chi connectivity index (χ2n) is 3.20.